The Morgan fingerprint density at radius 2 is 2.00 bits per heavy atom. The first-order valence-electron chi connectivity index (χ1n) is 10.2. The van der Waals surface area contributed by atoms with Gasteiger partial charge in [-0.05, 0) is 31.4 Å². The number of rotatable bonds is 8. The summed E-state index contributed by atoms with van der Waals surface area (Å²) in [6.07, 6.45) is 2.13. The van der Waals surface area contributed by atoms with E-state index in [1.165, 1.54) is 11.1 Å². The summed E-state index contributed by atoms with van der Waals surface area (Å²) in [7, 11) is 3.45. The molecule has 158 valence electrons. The third kappa shape index (κ3) is 6.27. The maximum absolute atomic E-state index is 5.64. The summed E-state index contributed by atoms with van der Waals surface area (Å²) in [6.45, 7) is 6.68. The van der Waals surface area contributed by atoms with Crippen LogP contribution in [-0.4, -0.2) is 47.0 Å². The van der Waals surface area contributed by atoms with Crippen LogP contribution in [0.3, 0.4) is 0 Å². The zero-order chi connectivity index (χ0) is 20.6. The number of benzene rings is 1. The fraction of sp³-hybridized carbons (Fsp3) is 0.571. The van der Waals surface area contributed by atoms with Crippen molar-refractivity contribution in [2.24, 2.45) is 4.99 Å². The molecule has 8 heteroatoms. The Hall–Kier alpha value is -2.45. The van der Waals surface area contributed by atoms with E-state index in [0.717, 1.165) is 37.0 Å². The molecule has 0 amide bonds. The molecule has 0 saturated carbocycles. The molecule has 1 aromatic carbocycles. The molecule has 1 atom stereocenters. The number of aromatic nitrogens is 3. The first-order chi connectivity index (χ1) is 14.1. The summed E-state index contributed by atoms with van der Waals surface area (Å²) in [5.74, 6) is 2.57. The van der Waals surface area contributed by atoms with E-state index in [2.05, 4.69) is 50.0 Å². The Bertz CT molecular complexity index is 800. The van der Waals surface area contributed by atoms with Gasteiger partial charge < -0.3 is 20.1 Å². The average Bonchev–Trinajstić information content (AvgIpc) is 3.12. The third-order valence-electron chi connectivity index (χ3n) is 4.81. The van der Waals surface area contributed by atoms with Gasteiger partial charge in [-0.15, -0.1) is 0 Å². The molecule has 2 aromatic rings. The van der Waals surface area contributed by atoms with E-state index in [4.69, 9.17) is 9.47 Å². The highest BCUT2D eigenvalue weighted by Crippen LogP contribution is 2.13. The molecule has 1 aromatic heterocycles. The zero-order valence-corrected chi connectivity index (χ0v) is 17.8. The van der Waals surface area contributed by atoms with Crippen LogP contribution in [-0.2, 0) is 42.2 Å². The lowest BCUT2D eigenvalue weighted by Crippen LogP contribution is -2.46. The molecule has 1 aliphatic heterocycles. The molecule has 2 heterocycles. The highest BCUT2D eigenvalue weighted by Gasteiger charge is 2.22. The van der Waals surface area contributed by atoms with E-state index in [0.29, 0.717) is 19.8 Å². The van der Waals surface area contributed by atoms with Crippen molar-refractivity contribution in [3.63, 3.8) is 0 Å². The van der Waals surface area contributed by atoms with Gasteiger partial charge in [-0.2, -0.15) is 5.10 Å². The Labute approximate surface area is 172 Å². The van der Waals surface area contributed by atoms with Gasteiger partial charge in [0.15, 0.2) is 11.8 Å². The van der Waals surface area contributed by atoms with E-state index >= 15 is 0 Å². The SMILES string of the molecule is CN=C(NCc1ccc(COC(C)C)cc1)NC1CCc2nc(COC)nn2C1. The summed E-state index contributed by atoms with van der Waals surface area (Å²) in [5, 5.41) is 11.4. The van der Waals surface area contributed by atoms with E-state index in [1.54, 1.807) is 14.2 Å². The minimum Gasteiger partial charge on any atom is -0.377 e. The summed E-state index contributed by atoms with van der Waals surface area (Å²) in [4.78, 5) is 8.89. The predicted molar refractivity (Wildman–Crippen MR) is 113 cm³/mol. The molecule has 0 spiro atoms. The van der Waals surface area contributed by atoms with Crippen LogP contribution in [0, 0.1) is 0 Å². The van der Waals surface area contributed by atoms with Gasteiger partial charge in [0, 0.05) is 33.2 Å². The molecule has 8 nitrogen and oxygen atoms in total. The van der Waals surface area contributed by atoms with Crippen molar-refractivity contribution < 1.29 is 9.47 Å². The minimum atomic E-state index is 0.241. The number of fused-ring (bicyclic) bond motifs is 1. The predicted octanol–water partition coefficient (Wildman–Crippen LogP) is 2.03. The normalized spacial score (nSPS) is 16.7. The number of nitrogens with zero attached hydrogens (tertiary/aromatic N) is 4. The van der Waals surface area contributed by atoms with Gasteiger partial charge in [0.05, 0.1) is 19.3 Å². The monoisotopic (exact) mass is 400 g/mol. The zero-order valence-electron chi connectivity index (χ0n) is 17.8. The largest absolute Gasteiger partial charge is 0.377 e. The first kappa shape index (κ1) is 21.3. The Kier molecular flexibility index (Phi) is 7.60. The maximum atomic E-state index is 5.64. The van der Waals surface area contributed by atoms with Crippen LogP contribution in [0.2, 0.25) is 0 Å². The van der Waals surface area contributed by atoms with Crippen molar-refractivity contribution in [3.05, 3.63) is 47.0 Å². The highest BCUT2D eigenvalue weighted by molar-refractivity contribution is 5.79. The molecule has 0 aliphatic carbocycles. The number of hydrogen-bond acceptors (Lipinski definition) is 5. The molecular formula is C21H32N6O2. The number of methoxy groups -OCH3 is 1. The number of hydrogen-bond donors (Lipinski definition) is 2. The van der Waals surface area contributed by atoms with Crippen molar-refractivity contribution >= 4 is 5.96 Å². The average molecular weight is 401 g/mol. The molecule has 0 saturated heterocycles. The molecule has 1 aliphatic rings. The quantitative estimate of drug-likeness (QED) is 0.521. The van der Waals surface area contributed by atoms with Crippen molar-refractivity contribution in [2.45, 2.75) is 65.1 Å². The molecule has 0 fully saturated rings. The lowest BCUT2D eigenvalue weighted by atomic mass is 10.1. The Morgan fingerprint density at radius 1 is 1.24 bits per heavy atom. The highest BCUT2D eigenvalue weighted by atomic mass is 16.5. The van der Waals surface area contributed by atoms with E-state index in [9.17, 15) is 0 Å². The van der Waals surface area contributed by atoms with Gasteiger partial charge in [0.2, 0.25) is 0 Å². The number of aliphatic imine (C=N–C) groups is 1. The topological polar surface area (TPSA) is 85.6 Å². The van der Waals surface area contributed by atoms with Gasteiger partial charge >= 0.3 is 0 Å². The van der Waals surface area contributed by atoms with Crippen molar-refractivity contribution in [1.29, 1.82) is 0 Å². The fourth-order valence-corrected chi connectivity index (χ4v) is 3.26. The lowest BCUT2D eigenvalue weighted by molar-refractivity contribution is 0.0657. The van der Waals surface area contributed by atoms with Crippen molar-refractivity contribution in [1.82, 2.24) is 25.4 Å². The Morgan fingerprint density at radius 3 is 2.69 bits per heavy atom. The summed E-state index contributed by atoms with van der Waals surface area (Å²) < 4.78 is 12.7. The second-order valence-electron chi connectivity index (χ2n) is 7.54. The van der Waals surface area contributed by atoms with Gasteiger partial charge in [-0.25, -0.2) is 9.67 Å². The van der Waals surface area contributed by atoms with Crippen LogP contribution in [0.25, 0.3) is 0 Å². The van der Waals surface area contributed by atoms with Gasteiger partial charge in [-0.3, -0.25) is 4.99 Å². The van der Waals surface area contributed by atoms with Crippen LogP contribution in [0.1, 0.15) is 43.0 Å². The summed E-state index contributed by atoms with van der Waals surface area (Å²) in [5.41, 5.74) is 2.39. The fourth-order valence-electron chi connectivity index (χ4n) is 3.26. The van der Waals surface area contributed by atoms with Crippen LogP contribution >= 0.6 is 0 Å². The van der Waals surface area contributed by atoms with Crippen LogP contribution in [0.15, 0.2) is 29.3 Å². The van der Waals surface area contributed by atoms with Crippen LogP contribution < -0.4 is 10.6 Å². The number of nitrogens with one attached hydrogen (secondary N) is 2. The molecule has 0 radical (unpaired) electrons. The molecule has 1 unspecified atom stereocenters. The smallest absolute Gasteiger partial charge is 0.191 e. The van der Waals surface area contributed by atoms with Crippen LogP contribution in [0.5, 0.6) is 0 Å². The molecular weight excluding hydrogens is 368 g/mol. The van der Waals surface area contributed by atoms with E-state index in [1.807, 2.05) is 18.5 Å². The minimum absolute atomic E-state index is 0.241. The van der Waals surface area contributed by atoms with Crippen molar-refractivity contribution in [2.75, 3.05) is 14.2 Å². The molecule has 3 rings (SSSR count). The summed E-state index contributed by atoms with van der Waals surface area (Å²) in [6, 6.07) is 8.74. The maximum Gasteiger partial charge on any atom is 0.191 e. The second-order valence-corrected chi connectivity index (χ2v) is 7.54. The summed E-state index contributed by atoms with van der Waals surface area (Å²) >= 11 is 0. The van der Waals surface area contributed by atoms with Gasteiger partial charge in [-0.1, -0.05) is 24.3 Å². The van der Waals surface area contributed by atoms with E-state index < -0.39 is 0 Å². The number of guanidine groups is 1. The molecule has 2 N–H and O–H groups in total. The van der Waals surface area contributed by atoms with Crippen molar-refractivity contribution in [3.8, 4) is 0 Å². The standard InChI is InChI=1S/C21H32N6O2/c1-15(2)29-13-17-7-5-16(6-8-17)11-23-21(22-3)24-18-9-10-20-25-19(14-28-4)26-27(20)12-18/h5-8,15,18H,9-14H2,1-4H3,(H2,22,23,24). The molecule has 0 bridgehead atoms. The number of aryl methyl sites for hydroxylation is 1. The van der Waals surface area contributed by atoms with Gasteiger partial charge in [0.25, 0.3) is 0 Å². The Balaban J connectivity index is 1.48. The lowest BCUT2D eigenvalue weighted by Gasteiger charge is -2.25. The van der Waals surface area contributed by atoms with Gasteiger partial charge in [0.1, 0.15) is 12.4 Å². The molecule has 29 heavy (non-hydrogen) atoms. The van der Waals surface area contributed by atoms with Crippen LogP contribution in [0.4, 0.5) is 0 Å². The number of ether oxygens (including phenoxy) is 2. The van der Waals surface area contributed by atoms with E-state index in [-0.39, 0.29) is 12.1 Å². The second kappa shape index (κ2) is 10.4. The third-order valence-corrected chi connectivity index (χ3v) is 4.81. The first-order valence-corrected chi connectivity index (χ1v) is 10.2.